The minimum atomic E-state index is -3.76. The molecule has 0 aromatic carbocycles. The fraction of sp³-hybridized carbons (Fsp3) is 0.667. The summed E-state index contributed by atoms with van der Waals surface area (Å²) in [5.74, 6) is -0.639. The number of ether oxygens (including phenoxy) is 1. The van der Waals surface area contributed by atoms with Crippen LogP contribution in [-0.2, 0) is 23.8 Å². The third-order valence-corrected chi connectivity index (χ3v) is 2.57. The predicted molar refractivity (Wildman–Crippen MR) is 55.6 cm³/mol. The van der Waals surface area contributed by atoms with Crippen LogP contribution >= 0.6 is 0 Å². The van der Waals surface area contributed by atoms with Gasteiger partial charge in [0.25, 0.3) is 10.1 Å². The molecule has 0 spiro atoms. The summed E-state index contributed by atoms with van der Waals surface area (Å²) < 4.78 is 31.4. The number of carbonyl (C=O) groups excluding carboxylic acids is 1. The first kappa shape index (κ1) is 14.1. The second-order valence-electron chi connectivity index (χ2n) is 2.84. The van der Waals surface area contributed by atoms with Gasteiger partial charge in [-0.05, 0) is 20.3 Å². The quantitative estimate of drug-likeness (QED) is 0.394. The Morgan fingerprint density at radius 3 is 2.40 bits per heavy atom. The highest BCUT2D eigenvalue weighted by molar-refractivity contribution is 7.89. The van der Waals surface area contributed by atoms with Crippen LogP contribution in [0.3, 0.4) is 0 Å². The average molecular weight is 236 g/mol. The lowest BCUT2D eigenvalue weighted by atomic mass is 10.4. The topological polar surface area (TPSA) is 69.7 Å². The lowest BCUT2D eigenvalue weighted by Gasteiger charge is -2.03. The van der Waals surface area contributed by atoms with Crippen molar-refractivity contribution in [2.75, 3.05) is 13.2 Å². The van der Waals surface area contributed by atoms with E-state index in [0.717, 1.165) is 5.41 Å². The van der Waals surface area contributed by atoms with Gasteiger partial charge in [-0.15, -0.1) is 0 Å². The molecule has 0 aliphatic carbocycles. The number of esters is 1. The molecule has 0 aromatic heterocycles. The molecule has 0 heterocycles. The van der Waals surface area contributed by atoms with Gasteiger partial charge in [-0.25, -0.2) is 4.79 Å². The van der Waals surface area contributed by atoms with Gasteiger partial charge >= 0.3 is 5.97 Å². The lowest BCUT2D eigenvalue weighted by Crippen LogP contribution is -2.09. The van der Waals surface area contributed by atoms with Gasteiger partial charge in [0.15, 0.2) is 0 Å². The summed E-state index contributed by atoms with van der Waals surface area (Å²) in [6.45, 7) is 5.09. The van der Waals surface area contributed by atoms with Gasteiger partial charge in [0, 0.05) is 5.57 Å². The molecule has 0 atom stereocenters. The van der Waals surface area contributed by atoms with E-state index in [-0.39, 0.29) is 18.8 Å². The molecule has 0 fully saturated rings. The molecule has 0 unspecified atom stereocenters. The summed E-state index contributed by atoms with van der Waals surface area (Å²) in [6.07, 6.45) is 0.692. The van der Waals surface area contributed by atoms with Crippen molar-refractivity contribution in [2.45, 2.75) is 27.2 Å². The molecule has 0 bridgehead atoms. The zero-order valence-electron chi connectivity index (χ0n) is 9.15. The van der Waals surface area contributed by atoms with Crippen LogP contribution in [0.1, 0.15) is 27.2 Å². The maximum atomic E-state index is 11.2. The maximum absolute atomic E-state index is 11.2. The van der Waals surface area contributed by atoms with E-state index in [1.165, 1.54) is 6.92 Å². The first-order chi connectivity index (χ1) is 6.93. The van der Waals surface area contributed by atoms with Crippen molar-refractivity contribution >= 4 is 16.1 Å². The van der Waals surface area contributed by atoms with Crippen molar-refractivity contribution in [3.8, 4) is 0 Å². The third kappa shape index (κ3) is 6.24. The Morgan fingerprint density at radius 2 is 1.93 bits per heavy atom. The van der Waals surface area contributed by atoms with Crippen molar-refractivity contribution in [2.24, 2.45) is 0 Å². The van der Waals surface area contributed by atoms with Crippen LogP contribution in [0.25, 0.3) is 0 Å². The zero-order valence-corrected chi connectivity index (χ0v) is 9.96. The summed E-state index contributed by atoms with van der Waals surface area (Å²) >= 11 is 0. The Balaban J connectivity index is 4.48. The highest BCUT2D eigenvalue weighted by Gasteiger charge is 2.12. The van der Waals surface area contributed by atoms with Gasteiger partial charge < -0.3 is 4.74 Å². The number of hydrogen-bond acceptors (Lipinski definition) is 5. The van der Waals surface area contributed by atoms with Gasteiger partial charge in [0.2, 0.25) is 0 Å². The first-order valence-corrected chi connectivity index (χ1v) is 6.15. The Hall–Kier alpha value is -0.880. The van der Waals surface area contributed by atoms with Gasteiger partial charge in [-0.3, -0.25) is 4.18 Å². The molecule has 0 aromatic rings. The van der Waals surface area contributed by atoms with Crippen molar-refractivity contribution in [1.82, 2.24) is 0 Å². The van der Waals surface area contributed by atoms with Crippen LogP contribution in [0.4, 0.5) is 0 Å². The molecule has 0 rings (SSSR count). The van der Waals surface area contributed by atoms with E-state index in [0.29, 0.717) is 6.42 Å². The molecule has 0 aliphatic heterocycles. The summed E-state index contributed by atoms with van der Waals surface area (Å²) in [5.41, 5.74) is 0.0110. The standard InChI is InChI=1S/C9H16O5S/c1-4-6-13-9(10)8(3)7-15(11,12)14-5-2/h7H,4-6H2,1-3H3. The average Bonchev–Trinajstić information content (AvgIpc) is 2.13. The summed E-state index contributed by atoms with van der Waals surface area (Å²) in [7, 11) is -3.76. The molecule has 0 saturated heterocycles. The van der Waals surface area contributed by atoms with E-state index in [1.54, 1.807) is 6.92 Å². The largest absolute Gasteiger partial charge is 0.462 e. The second-order valence-corrected chi connectivity index (χ2v) is 4.29. The molecular weight excluding hydrogens is 220 g/mol. The predicted octanol–water partition coefficient (Wildman–Crippen LogP) is 1.21. The summed E-state index contributed by atoms with van der Waals surface area (Å²) in [6, 6.07) is 0. The van der Waals surface area contributed by atoms with Crippen LogP contribution < -0.4 is 0 Å². The smallest absolute Gasteiger partial charge is 0.334 e. The van der Waals surface area contributed by atoms with Crippen LogP contribution in [0.2, 0.25) is 0 Å². The lowest BCUT2D eigenvalue weighted by molar-refractivity contribution is -0.138. The molecule has 0 radical (unpaired) electrons. The third-order valence-electron chi connectivity index (χ3n) is 1.36. The normalized spacial score (nSPS) is 12.6. The highest BCUT2D eigenvalue weighted by atomic mass is 32.2. The van der Waals surface area contributed by atoms with Crippen LogP contribution in [0, 0.1) is 0 Å². The van der Waals surface area contributed by atoms with Gasteiger partial charge in [-0.1, -0.05) is 6.92 Å². The van der Waals surface area contributed by atoms with Crippen molar-refractivity contribution in [1.29, 1.82) is 0 Å². The van der Waals surface area contributed by atoms with Crippen molar-refractivity contribution in [3.05, 3.63) is 11.0 Å². The number of hydrogen-bond donors (Lipinski definition) is 0. The Morgan fingerprint density at radius 1 is 1.33 bits per heavy atom. The first-order valence-electron chi connectivity index (χ1n) is 4.67. The molecule has 0 saturated carbocycles. The Labute approximate surface area is 90.2 Å². The van der Waals surface area contributed by atoms with E-state index < -0.39 is 16.1 Å². The Bertz CT molecular complexity index is 328. The van der Waals surface area contributed by atoms with Gasteiger partial charge in [0.05, 0.1) is 18.6 Å². The van der Waals surface area contributed by atoms with E-state index in [2.05, 4.69) is 4.18 Å². The fourth-order valence-electron chi connectivity index (χ4n) is 0.772. The highest BCUT2D eigenvalue weighted by Crippen LogP contribution is 2.04. The molecule has 5 nitrogen and oxygen atoms in total. The van der Waals surface area contributed by atoms with Crippen molar-refractivity contribution < 1.29 is 22.1 Å². The zero-order chi connectivity index (χ0) is 11.9. The molecular formula is C9H16O5S. The van der Waals surface area contributed by atoms with E-state index in [4.69, 9.17) is 4.74 Å². The van der Waals surface area contributed by atoms with Crippen molar-refractivity contribution in [3.63, 3.8) is 0 Å². The van der Waals surface area contributed by atoms with Gasteiger partial charge in [-0.2, -0.15) is 8.42 Å². The van der Waals surface area contributed by atoms with Gasteiger partial charge in [0.1, 0.15) is 0 Å². The maximum Gasteiger partial charge on any atom is 0.334 e. The van der Waals surface area contributed by atoms with Crippen LogP contribution in [0.5, 0.6) is 0 Å². The van der Waals surface area contributed by atoms with Crippen LogP contribution in [0.15, 0.2) is 11.0 Å². The molecule has 0 amide bonds. The van der Waals surface area contributed by atoms with Crippen LogP contribution in [-0.4, -0.2) is 27.6 Å². The molecule has 0 N–H and O–H groups in total. The summed E-state index contributed by atoms with van der Waals surface area (Å²) in [4.78, 5) is 11.2. The van der Waals surface area contributed by atoms with E-state index >= 15 is 0 Å². The second kappa shape index (κ2) is 6.58. The molecule has 6 heteroatoms. The molecule has 0 aliphatic rings. The fourth-order valence-corrected chi connectivity index (χ4v) is 1.70. The van der Waals surface area contributed by atoms with E-state index in [1.807, 2.05) is 6.92 Å². The minimum absolute atomic E-state index is 0.0110. The summed E-state index contributed by atoms with van der Waals surface area (Å²) in [5, 5.41) is 0.772. The van der Waals surface area contributed by atoms with E-state index in [9.17, 15) is 13.2 Å². The molecule has 88 valence electrons. The number of carbonyl (C=O) groups is 1. The SMILES string of the molecule is CCCOC(=O)C(C)=CS(=O)(=O)OCC. The monoisotopic (exact) mass is 236 g/mol. The Kier molecular flexibility index (Phi) is 6.19. The molecule has 15 heavy (non-hydrogen) atoms. The minimum Gasteiger partial charge on any atom is -0.462 e. The number of rotatable bonds is 6.